The zero-order chi connectivity index (χ0) is 27.6. The zero-order valence-electron chi connectivity index (χ0n) is 22.8. The normalized spacial score (nSPS) is 16.8. The molecule has 4 aromatic rings. The summed E-state index contributed by atoms with van der Waals surface area (Å²) in [4.78, 5) is 17.9. The molecule has 11 nitrogen and oxygen atoms in total. The quantitative estimate of drug-likeness (QED) is 0.349. The molecule has 0 amide bonds. The Hall–Kier alpha value is -4.19. The number of nitrogens with two attached hydrogens (primary N) is 1. The first kappa shape index (κ1) is 26.1. The molecular formula is C28H34FN9O2. The second-order valence-electron chi connectivity index (χ2n) is 10.2. The third kappa shape index (κ3) is 5.18. The fourth-order valence-corrected chi connectivity index (χ4v) is 5.72. The number of methoxy groups -OCH3 is 2. The van der Waals surface area contributed by atoms with Gasteiger partial charge in [-0.05, 0) is 37.1 Å². The Morgan fingerprint density at radius 3 is 2.42 bits per heavy atom. The number of hydrogen-bond donors (Lipinski definition) is 2. The molecule has 12 heteroatoms. The number of nitrogens with one attached hydrogen (secondary N) is 1. The van der Waals surface area contributed by atoms with Gasteiger partial charge >= 0.3 is 0 Å². The molecule has 1 saturated heterocycles. The molecule has 1 saturated carbocycles. The zero-order valence-corrected chi connectivity index (χ0v) is 22.8. The Bertz CT molecular complexity index is 1500. The fraction of sp³-hybridized carbons (Fsp3) is 0.429. The number of piperazine rings is 1. The molecule has 210 valence electrons. The van der Waals surface area contributed by atoms with Crippen molar-refractivity contribution in [2.75, 3.05) is 56.3 Å². The molecule has 2 fully saturated rings. The van der Waals surface area contributed by atoms with E-state index in [1.807, 2.05) is 12.1 Å². The van der Waals surface area contributed by atoms with E-state index in [1.54, 1.807) is 32.5 Å². The van der Waals surface area contributed by atoms with Crippen LogP contribution in [0, 0.1) is 5.82 Å². The van der Waals surface area contributed by atoms with Crippen molar-refractivity contribution in [2.24, 2.45) is 0 Å². The highest BCUT2D eigenvalue weighted by Crippen LogP contribution is 2.32. The average Bonchev–Trinajstić information content (AvgIpc) is 3.36. The Balaban J connectivity index is 1.15. The molecule has 40 heavy (non-hydrogen) atoms. The van der Waals surface area contributed by atoms with Crippen LogP contribution in [0.25, 0.3) is 16.9 Å². The molecule has 0 atom stereocenters. The topological polar surface area (TPSA) is 119 Å². The van der Waals surface area contributed by atoms with Crippen molar-refractivity contribution in [1.29, 1.82) is 0 Å². The monoisotopic (exact) mass is 547 g/mol. The van der Waals surface area contributed by atoms with Gasteiger partial charge in [0, 0.05) is 55.6 Å². The van der Waals surface area contributed by atoms with Crippen LogP contribution in [-0.4, -0.2) is 76.1 Å². The minimum atomic E-state index is -0.286. The molecule has 3 heterocycles. The smallest absolute Gasteiger partial charge is 0.254 e. The third-order valence-electron chi connectivity index (χ3n) is 7.84. The number of aromatic nitrogens is 5. The summed E-state index contributed by atoms with van der Waals surface area (Å²) < 4.78 is 27.3. The number of anilines is 4. The van der Waals surface area contributed by atoms with E-state index in [9.17, 15) is 0 Å². The predicted octanol–water partition coefficient (Wildman–Crippen LogP) is 4.15. The maximum absolute atomic E-state index is 15.2. The molecule has 0 bridgehead atoms. The molecule has 0 unspecified atom stereocenters. The first-order chi connectivity index (χ1) is 19.5. The molecule has 3 N–H and O–H groups in total. The minimum absolute atomic E-state index is 0.0928. The summed E-state index contributed by atoms with van der Waals surface area (Å²) in [6, 6.07) is 9.35. The van der Waals surface area contributed by atoms with E-state index in [1.165, 1.54) is 42.9 Å². The molecule has 2 aliphatic rings. The van der Waals surface area contributed by atoms with Gasteiger partial charge in [0.2, 0.25) is 11.9 Å². The van der Waals surface area contributed by atoms with Crippen LogP contribution in [0.2, 0.25) is 0 Å². The molecule has 1 aliphatic carbocycles. The number of fused-ring (bicyclic) bond motifs is 1. The number of halogens is 1. The maximum atomic E-state index is 15.2. The van der Waals surface area contributed by atoms with E-state index in [0.717, 1.165) is 31.6 Å². The molecule has 0 spiro atoms. The Labute approximate surface area is 232 Å². The lowest BCUT2D eigenvalue weighted by Gasteiger charge is -2.41. The maximum Gasteiger partial charge on any atom is 0.254 e. The number of nitrogen functional groups attached to an aromatic ring is 1. The fourth-order valence-electron chi connectivity index (χ4n) is 5.72. The van der Waals surface area contributed by atoms with Crippen molar-refractivity contribution in [3.05, 3.63) is 42.3 Å². The van der Waals surface area contributed by atoms with E-state index in [4.69, 9.17) is 15.2 Å². The summed E-state index contributed by atoms with van der Waals surface area (Å²) in [7, 11) is 3.13. The Kier molecular flexibility index (Phi) is 7.25. The van der Waals surface area contributed by atoms with Crippen LogP contribution >= 0.6 is 0 Å². The van der Waals surface area contributed by atoms with Gasteiger partial charge in [-0.15, -0.1) is 5.10 Å². The lowest BCUT2D eigenvalue weighted by atomic mass is 9.94. The van der Waals surface area contributed by atoms with Gasteiger partial charge in [0.25, 0.3) is 5.95 Å². The standard InChI is InChI=1S/C28H34FN9O2/c1-39-24-14-18-17-31-28(33-22(18)16-25(24)40-2)38-26(30)34-27(35-38)32-19-8-9-23(21(29)15-19)37-12-10-36(11-13-37)20-6-4-3-5-7-20/h8-9,14-17,20H,3-7,10-13H2,1-2H3,(H3,30,32,34,35). The van der Waals surface area contributed by atoms with Gasteiger partial charge in [-0.1, -0.05) is 19.3 Å². The van der Waals surface area contributed by atoms with Crippen LogP contribution in [0.5, 0.6) is 11.5 Å². The number of benzene rings is 2. The van der Waals surface area contributed by atoms with Gasteiger partial charge in [-0.25, -0.2) is 14.4 Å². The van der Waals surface area contributed by atoms with E-state index in [0.29, 0.717) is 34.4 Å². The minimum Gasteiger partial charge on any atom is -0.493 e. The van der Waals surface area contributed by atoms with Crippen molar-refractivity contribution in [1.82, 2.24) is 29.6 Å². The average molecular weight is 548 g/mol. The van der Waals surface area contributed by atoms with Gasteiger partial charge in [0.05, 0.1) is 25.4 Å². The highest BCUT2D eigenvalue weighted by molar-refractivity contribution is 5.82. The first-order valence-electron chi connectivity index (χ1n) is 13.7. The van der Waals surface area contributed by atoms with Crippen molar-refractivity contribution < 1.29 is 13.9 Å². The number of hydrogen-bond acceptors (Lipinski definition) is 10. The third-order valence-corrected chi connectivity index (χ3v) is 7.84. The molecule has 0 radical (unpaired) electrons. The van der Waals surface area contributed by atoms with Crippen LogP contribution < -0.4 is 25.4 Å². The summed E-state index contributed by atoms with van der Waals surface area (Å²) in [5, 5.41) is 8.22. The van der Waals surface area contributed by atoms with Gasteiger partial charge in [0.1, 0.15) is 5.82 Å². The summed E-state index contributed by atoms with van der Waals surface area (Å²) in [5.74, 6) is 1.39. The summed E-state index contributed by atoms with van der Waals surface area (Å²) in [6.45, 7) is 3.60. The Morgan fingerprint density at radius 2 is 1.70 bits per heavy atom. The highest BCUT2D eigenvalue weighted by Gasteiger charge is 2.26. The van der Waals surface area contributed by atoms with Crippen LogP contribution in [0.1, 0.15) is 32.1 Å². The molecular weight excluding hydrogens is 513 g/mol. The van der Waals surface area contributed by atoms with Gasteiger partial charge in [-0.3, -0.25) is 4.90 Å². The molecule has 2 aromatic heterocycles. The SMILES string of the molecule is COc1cc2cnc(-n3nc(Nc4ccc(N5CCN(C6CCCCC6)CC5)c(F)c4)nc3N)nc2cc1OC. The van der Waals surface area contributed by atoms with Crippen LogP contribution in [-0.2, 0) is 0 Å². The summed E-state index contributed by atoms with van der Waals surface area (Å²) in [5.41, 5.74) is 7.90. The summed E-state index contributed by atoms with van der Waals surface area (Å²) >= 11 is 0. The second kappa shape index (κ2) is 11.1. The van der Waals surface area contributed by atoms with Crippen molar-refractivity contribution >= 4 is 34.2 Å². The Morgan fingerprint density at radius 1 is 0.950 bits per heavy atom. The van der Waals surface area contributed by atoms with Crippen LogP contribution in [0.3, 0.4) is 0 Å². The first-order valence-corrected chi connectivity index (χ1v) is 13.7. The van der Waals surface area contributed by atoms with E-state index in [-0.39, 0.29) is 23.7 Å². The van der Waals surface area contributed by atoms with Crippen molar-refractivity contribution in [2.45, 2.75) is 38.1 Å². The van der Waals surface area contributed by atoms with Crippen molar-refractivity contribution in [3.63, 3.8) is 0 Å². The van der Waals surface area contributed by atoms with Gasteiger partial charge in [0.15, 0.2) is 11.5 Å². The van der Waals surface area contributed by atoms with E-state index >= 15 is 4.39 Å². The lowest BCUT2D eigenvalue weighted by Crippen LogP contribution is -2.51. The molecule has 2 aromatic carbocycles. The summed E-state index contributed by atoms with van der Waals surface area (Å²) in [6.07, 6.45) is 8.24. The van der Waals surface area contributed by atoms with Crippen molar-refractivity contribution in [3.8, 4) is 17.4 Å². The molecule has 1 aliphatic heterocycles. The largest absolute Gasteiger partial charge is 0.493 e. The lowest BCUT2D eigenvalue weighted by molar-refractivity contribution is 0.147. The predicted molar refractivity (Wildman–Crippen MR) is 152 cm³/mol. The molecule has 6 rings (SSSR count). The van der Waals surface area contributed by atoms with Gasteiger partial charge in [-0.2, -0.15) is 9.67 Å². The number of nitrogens with zero attached hydrogens (tertiary/aromatic N) is 7. The van der Waals surface area contributed by atoms with E-state index < -0.39 is 0 Å². The van der Waals surface area contributed by atoms with Crippen LogP contribution in [0.4, 0.5) is 27.7 Å². The number of rotatable bonds is 7. The second-order valence-corrected chi connectivity index (χ2v) is 10.2. The van der Waals surface area contributed by atoms with E-state index in [2.05, 4.69) is 35.2 Å². The van der Waals surface area contributed by atoms with Gasteiger partial charge < -0.3 is 25.4 Å². The van der Waals surface area contributed by atoms with Crippen LogP contribution in [0.15, 0.2) is 36.5 Å². The highest BCUT2D eigenvalue weighted by atomic mass is 19.1. The number of ether oxygens (including phenoxy) is 2.